The van der Waals surface area contributed by atoms with E-state index >= 15 is 0 Å². The van der Waals surface area contributed by atoms with E-state index in [2.05, 4.69) is 9.82 Å². The van der Waals surface area contributed by atoms with E-state index in [0.717, 1.165) is 9.75 Å². The minimum atomic E-state index is -3.55. The van der Waals surface area contributed by atoms with Crippen molar-refractivity contribution in [2.45, 2.75) is 17.7 Å². The van der Waals surface area contributed by atoms with Gasteiger partial charge in [0.1, 0.15) is 9.90 Å². The van der Waals surface area contributed by atoms with Crippen molar-refractivity contribution in [3.05, 3.63) is 57.0 Å². The number of thiophene rings is 2. The van der Waals surface area contributed by atoms with E-state index in [-0.39, 0.29) is 22.9 Å². The van der Waals surface area contributed by atoms with Crippen LogP contribution < -0.4 is 10.3 Å². The van der Waals surface area contributed by atoms with Crippen LogP contribution >= 0.6 is 22.7 Å². The fourth-order valence-corrected chi connectivity index (χ4v) is 5.12. The molecular weight excluding hydrogens is 366 g/mol. The molecule has 0 saturated carbocycles. The van der Waals surface area contributed by atoms with Gasteiger partial charge in [0.25, 0.3) is 5.56 Å². The maximum atomic E-state index is 12.2. The molecule has 0 spiro atoms. The van der Waals surface area contributed by atoms with Crippen molar-refractivity contribution in [2.75, 3.05) is 6.54 Å². The van der Waals surface area contributed by atoms with Gasteiger partial charge in [0, 0.05) is 17.5 Å². The van der Waals surface area contributed by atoms with Crippen molar-refractivity contribution in [1.29, 1.82) is 0 Å². The summed E-state index contributed by atoms with van der Waals surface area (Å²) in [6, 6.07) is 10.3. The lowest BCUT2D eigenvalue weighted by Crippen LogP contribution is -2.31. The average Bonchev–Trinajstić information content (AvgIpc) is 3.20. The highest BCUT2D eigenvalue weighted by atomic mass is 32.2. The maximum Gasteiger partial charge on any atom is 0.266 e. The molecule has 3 aromatic rings. The topological polar surface area (TPSA) is 81.1 Å². The number of nitrogens with one attached hydrogen (secondary N) is 1. The summed E-state index contributed by atoms with van der Waals surface area (Å²) in [5.41, 5.74) is 0.433. The Bertz CT molecular complexity index is 988. The Hall–Kier alpha value is -1.81. The number of aryl methyl sites for hydroxylation is 1. The smallest absolute Gasteiger partial charge is 0.266 e. The van der Waals surface area contributed by atoms with E-state index in [9.17, 15) is 13.2 Å². The van der Waals surface area contributed by atoms with Crippen molar-refractivity contribution in [3.8, 4) is 10.6 Å². The Labute approximate surface area is 147 Å². The highest BCUT2D eigenvalue weighted by Crippen LogP contribution is 2.21. The van der Waals surface area contributed by atoms with Crippen LogP contribution in [0.25, 0.3) is 10.6 Å². The molecule has 0 fully saturated rings. The van der Waals surface area contributed by atoms with Gasteiger partial charge in [0.15, 0.2) is 0 Å². The van der Waals surface area contributed by atoms with E-state index in [1.54, 1.807) is 18.2 Å². The van der Waals surface area contributed by atoms with Crippen LogP contribution in [0, 0.1) is 6.92 Å². The Morgan fingerprint density at radius 1 is 1.21 bits per heavy atom. The number of hydrogen-bond acceptors (Lipinski definition) is 6. The average molecular weight is 382 g/mol. The number of sulfonamides is 1. The Morgan fingerprint density at radius 2 is 2.04 bits per heavy atom. The lowest BCUT2D eigenvalue weighted by atomic mass is 10.3. The zero-order valence-electron chi connectivity index (χ0n) is 12.8. The van der Waals surface area contributed by atoms with Gasteiger partial charge in [-0.3, -0.25) is 4.79 Å². The van der Waals surface area contributed by atoms with Gasteiger partial charge >= 0.3 is 0 Å². The standard InChI is InChI=1S/C15H15N3O3S3/c1-11-4-7-15(23-11)24(20,21)16-8-9-18-14(19)6-5-12(17-18)13-3-2-10-22-13/h2-7,10,16H,8-9H2,1H3. The molecule has 0 aliphatic carbocycles. The zero-order chi connectivity index (χ0) is 17.2. The molecule has 0 bridgehead atoms. The first-order valence-corrected chi connectivity index (χ1v) is 10.3. The van der Waals surface area contributed by atoms with Crippen molar-refractivity contribution in [2.24, 2.45) is 0 Å². The second-order valence-corrected chi connectivity index (χ2v) is 9.25. The summed E-state index contributed by atoms with van der Waals surface area (Å²) < 4.78 is 28.4. The molecule has 6 nitrogen and oxygen atoms in total. The minimum absolute atomic E-state index is 0.0973. The van der Waals surface area contributed by atoms with E-state index in [0.29, 0.717) is 5.69 Å². The Morgan fingerprint density at radius 3 is 2.71 bits per heavy atom. The molecule has 0 unspecified atom stereocenters. The first-order chi connectivity index (χ1) is 11.5. The predicted octanol–water partition coefficient (Wildman–Crippen LogP) is 2.32. The summed E-state index contributed by atoms with van der Waals surface area (Å²) >= 11 is 2.74. The minimum Gasteiger partial charge on any atom is -0.268 e. The largest absolute Gasteiger partial charge is 0.268 e. The molecule has 0 radical (unpaired) electrons. The van der Waals surface area contributed by atoms with Crippen molar-refractivity contribution in [3.63, 3.8) is 0 Å². The molecule has 3 aromatic heterocycles. The van der Waals surface area contributed by atoms with Crippen LogP contribution in [0.3, 0.4) is 0 Å². The van der Waals surface area contributed by atoms with Crippen LogP contribution in [-0.4, -0.2) is 24.7 Å². The molecule has 0 atom stereocenters. The first-order valence-electron chi connectivity index (χ1n) is 7.14. The van der Waals surface area contributed by atoms with Crippen LogP contribution in [-0.2, 0) is 16.6 Å². The van der Waals surface area contributed by atoms with Crippen LogP contribution in [0.1, 0.15) is 4.88 Å². The second kappa shape index (κ2) is 6.98. The highest BCUT2D eigenvalue weighted by molar-refractivity contribution is 7.91. The predicted molar refractivity (Wildman–Crippen MR) is 96.1 cm³/mol. The van der Waals surface area contributed by atoms with Crippen LogP contribution in [0.5, 0.6) is 0 Å². The monoisotopic (exact) mass is 381 g/mol. The molecule has 0 aliphatic heterocycles. The van der Waals surface area contributed by atoms with Gasteiger partial charge in [0.05, 0.1) is 11.4 Å². The van der Waals surface area contributed by atoms with Gasteiger partial charge in [-0.05, 0) is 36.6 Å². The van der Waals surface area contributed by atoms with Crippen LogP contribution in [0.4, 0.5) is 0 Å². The summed E-state index contributed by atoms with van der Waals surface area (Å²) in [6.07, 6.45) is 0. The van der Waals surface area contributed by atoms with Gasteiger partial charge in [0.2, 0.25) is 10.0 Å². The second-order valence-electron chi connectivity index (χ2n) is 5.02. The summed E-state index contributed by atoms with van der Waals surface area (Å²) in [5.74, 6) is 0. The lowest BCUT2D eigenvalue weighted by Gasteiger charge is -2.07. The van der Waals surface area contributed by atoms with E-state index < -0.39 is 10.0 Å². The van der Waals surface area contributed by atoms with Crippen molar-refractivity contribution >= 4 is 32.7 Å². The molecule has 1 N–H and O–H groups in total. The van der Waals surface area contributed by atoms with Gasteiger partial charge in [-0.15, -0.1) is 22.7 Å². The van der Waals surface area contributed by atoms with Crippen molar-refractivity contribution in [1.82, 2.24) is 14.5 Å². The molecular formula is C15H15N3O3S3. The third-order valence-electron chi connectivity index (χ3n) is 3.24. The fourth-order valence-electron chi connectivity index (χ4n) is 2.08. The summed E-state index contributed by atoms with van der Waals surface area (Å²) in [6.45, 7) is 2.12. The first kappa shape index (κ1) is 17.0. The number of rotatable bonds is 6. The maximum absolute atomic E-state index is 12.2. The fraction of sp³-hybridized carbons (Fsp3) is 0.200. The van der Waals surface area contributed by atoms with Gasteiger partial charge in [-0.25, -0.2) is 17.8 Å². The quantitative estimate of drug-likeness (QED) is 0.710. The molecule has 0 aromatic carbocycles. The number of hydrogen-bond donors (Lipinski definition) is 1. The number of nitrogens with zero attached hydrogens (tertiary/aromatic N) is 2. The molecule has 0 amide bonds. The molecule has 3 heterocycles. The Balaban J connectivity index is 1.71. The van der Waals surface area contributed by atoms with Crippen LogP contribution in [0.15, 0.2) is 50.8 Å². The van der Waals surface area contributed by atoms with Gasteiger partial charge in [-0.2, -0.15) is 5.10 Å². The Kier molecular flexibility index (Phi) is 4.95. The molecule has 126 valence electrons. The van der Waals surface area contributed by atoms with Gasteiger partial charge in [-0.1, -0.05) is 6.07 Å². The summed E-state index contributed by atoms with van der Waals surface area (Å²) in [5, 5.41) is 6.23. The summed E-state index contributed by atoms with van der Waals surface area (Å²) in [7, 11) is -3.55. The van der Waals surface area contributed by atoms with Crippen LogP contribution in [0.2, 0.25) is 0 Å². The molecule has 3 rings (SSSR count). The third-order valence-corrected chi connectivity index (χ3v) is 7.08. The van der Waals surface area contributed by atoms with Crippen molar-refractivity contribution < 1.29 is 8.42 Å². The molecule has 0 saturated heterocycles. The normalized spacial score (nSPS) is 11.7. The zero-order valence-corrected chi connectivity index (χ0v) is 15.2. The molecule has 9 heteroatoms. The molecule has 24 heavy (non-hydrogen) atoms. The lowest BCUT2D eigenvalue weighted by molar-refractivity contribution is 0.550. The molecule has 0 aliphatic rings. The number of aromatic nitrogens is 2. The summed E-state index contributed by atoms with van der Waals surface area (Å²) in [4.78, 5) is 13.8. The van der Waals surface area contributed by atoms with Gasteiger partial charge < -0.3 is 0 Å². The SMILES string of the molecule is Cc1ccc(S(=O)(=O)NCCn2nc(-c3cccs3)ccc2=O)s1. The van der Waals surface area contributed by atoms with E-state index in [1.807, 2.05) is 24.4 Å². The van der Waals surface area contributed by atoms with E-state index in [1.165, 1.54) is 33.4 Å². The highest BCUT2D eigenvalue weighted by Gasteiger charge is 2.15. The third kappa shape index (κ3) is 3.81. The van der Waals surface area contributed by atoms with E-state index in [4.69, 9.17) is 0 Å².